The molecule has 1 aromatic carbocycles. The highest BCUT2D eigenvalue weighted by Crippen LogP contribution is 2.37. The summed E-state index contributed by atoms with van der Waals surface area (Å²) in [5.74, 6) is 0.624. The van der Waals surface area contributed by atoms with E-state index in [1.807, 2.05) is 4.68 Å². The third-order valence-corrected chi connectivity index (χ3v) is 4.17. The van der Waals surface area contributed by atoms with E-state index in [1.54, 1.807) is 12.1 Å². The molecule has 0 spiro atoms. The Labute approximate surface area is 132 Å². The van der Waals surface area contributed by atoms with Crippen molar-refractivity contribution < 1.29 is 9.13 Å². The average molecular weight is 313 g/mol. The van der Waals surface area contributed by atoms with Gasteiger partial charge in [-0.1, -0.05) is 18.9 Å². The van der Waals surface area contributed by atoms with Crippen LogP contribution >= 0.6 is 0 Å². The van der Waals surface area contributed by atoms with Crippen LogP contribution in [0.2, 0.25) is 0 Å². The van der Waals surface area contributed by atoms with Crippen LogP contribution in [0.25, 0.3) is 11.0 Å². The first-order valence-corrected chi connectivity index (χ1v) is 7.64. The Morgan fingerprint density at radius 2 is 2.04 bits per heavy atom. The molecular weight excluding hydrogens is 297 g/mol. The summed E-state index contributed by atoms with van der Waals surface area (Å²) in [7, 11) is 0. The molecule has 3 aromatic rings. The maximum absolute atomic E-state index is 13.4. The van der Waals surface area contributed by atoms with E-state index in [0.29, 0.717) is 28.5 Å². The number of aromatic nitrogens is 4. The number of nitrogens with two attached hydrogens (primary N) is 1. The topological polar surface area (TPSA) is 78.8 Å². The van der Waals surface area contributed by atoms with E-state index in [4.69, 9.17) is 10.5 Å². The largest absolute Gasteiger partial charge is 0.437 e. The van der Waals surface area contributed by atoms with Crippen molar-refractivity contribution >= 4 is 16.9 Å². The van der Waals surface area contributed by atoms with Gasteiger partial charge in [0.05, 0.1) is 6.04 Å². The van der Waals surface area contributed by atoms with Crippen molar-refractivity contribution in [3.05, 3.63) is 36.4 Å². The summed E-state index contributed by atoms with van der Waals surface area (Å²) in [6, 6.07) is 6.21. The normalized spacial score (nSPS) is 15.3. The van der Waals surface area contributed by atoms with Gasteiger partial charge in [-0.15, -0.1) is 5.10 Å². The molecule has 2 heterocycles. The van der Waals surface area contributed by atoms with E-state index < -0.39 is 0 Å². The predicted molar refractivity (Wildman–Crippen MR) is 83.7 cm³/mol. The molecule has 1 aliphatic rings. The zero-order valence-corrected chi connectivity index (χ0v) is 12.4. The van der Waals surface area contributed by atoms with E-state index in [-0.39, 0.29) is 11.9 Å². The Morgan fingerprint density at radius 1 is 1.22 bits per heavy atom. The Morgan fingerprint density at radius 3 is 2.83 bits per heavy atom. The number of fused-ring (bicyclic) bond motifs is 1. The zero-order valence-electron chi connectivity index (χ0n) is 12.4. The van der Waals surface area contributed by atoms with Gasteiger partial charge >= 0.3 is 0 Å². The van der Waals surface area contributed by atoms with Crippen LogP contribution in [0.15, 0.2) is 30.6 Å². The monoisotopic (exact) mass is 313 g/mol. The maximum atomic E-state index is 13.4. The summed E-state index contributed by atoms with van der Waals surface area (Å²) >= 11 is 0. The van der Waals surface area contributed by atoms with Crippen LogP contribution in [-0.2, 0) is 0 Å². The van der Waals surface area contributed by atoms with Crippen LogP contribution in [0, 0.1) is 5.82 Å². The second-order valence-corrected chi connectivity index (χ2v) is 5.70. The van der Waals surface area contributed by atoms with Crippen LogP contribution in [0.3, 0.4) is 0 Å². The molecule has 0 amide bonds. The minimum absolute atomic E-state index is 0.289. The Balaban J connectivity index is 1.82. The summed E-state index contributed by atoms with van der Waals surface area (Å²) in [6.07, 6.45) is 5.89. The number of hydrogen-bond donors (Lipinski definition) is 1. The first-order valence-electron chi connectivity index (χ1n) is 7.64. The van der Waals surface area contributed by atoms with Crippen molar-refractivity contribution in [2.24, 2.45) is 0 Å². The molecule has 0 bridgehead atoms. The summed E-state index contributed by atoms with van der Waals surface area (Å²) in [4.78, 5) is 8.35. The molecule has 6 nitrogen and oxygen atoms in total. The van der Waals surface area contributed by atoms with Gasteiger partial charge in [-0.05, 0) is 25.0 Å². The highest BCUT2D eigenvalue weighted by atomic mass is 19.1. The lowest BCUT2D eigenvalue weighted by molar-refractivity contribution is 0.421. The molecule has 118 valence electrons. The number of nitrogen functional groups attached to an aromatic ring is 1. The second-order valence-electron chi connectivity index (χ2n) is 5.70. The molecule has 2 N–H and O–H groups in total. The van der Waals surface area contributed by atoms with Gasteiger partial charge in [-0.25, -0.2) is 19.0 Å². The fourth-order valence-corrected chi connectivity index (χ4v) is 3.08. The Hall–Kier alpha value is -2.70. The fraction of sp³-hybridized carbons (Fsp3) is 0.312. The Kier molecular flexibility index (Phi) is 3.33. The molecule has 0 unspecified atom stereocenters. The van der Waals surface area contributed by atoms with Crippen LogP contribution in [-0.4, -0.2) is 19.7 Å². The van der Waals surface area contributed by atoms with E-state index in [0.717, 1.165) is 12.8 Å². The van der Waals surface area contributed by atoms with Crippen molar-refractivity contribution in [1.82, 2.24) is 19.7 Å². The molecule has 2 aromatic heterocycles. The minimum Gasteiger partial charge on any atom is -0.437 e. The van der Waals surface area contributed by atoms with Crippen LogP contribution < -0.4 is 10.5 Å². The summed E-state index contributed by atoms with van der Waals surface area (Å²) in [5, 5.41) is 5.12. The highest BCUT2D eigenvalue weighted by Gasteiger charge is 2.24. The van der Waals surface area contributed by atoms with Gasteiger partial charge in [0, 0.05) is 6.07 Å². The summed E-state index contributed by atoms with van der Waals surface area (Å²) < 4.78 is 21.0. The molecule has 4 rings (SSSR count). The molecule has 0 radical (unpaired) electrons. The third-order valence-electron chi connectivity index (χ3n) is 4.17. The lowest BCUT2D eigenvalue weighted by Gasteiger charge is -2.09. The van der Waals surface area contributed by atoms with E-state index in [2.05, 4.69) is 15.1 Å². The molecule has 0 atom stereocenters. The van der Waals surface area contributed by atoms with Crippen molar-refractivity contribution in [3.63, 3.8) is 0 Å². The number of anilines is 1. The minimum atomic E-state index is -0.369. The van der Waals surface area contributed by atoms with Crippen molar-refractivity contribution in [2.75, 3.05) is 5.73 Å². The number of nitrogens with zero attached hydrogens (tertiary/aromatic N) is 4. The van der Waals surface area contributed by atoms with Crippen molar-refractivity contribution in [1.29, 1.82) is 0 Å². The first kappa shape index (κ1) is 13.9. The molecule has 1 aliphatic carbocycles. The van der Waals surface area contributed by atoms with Crippen molar-refractivity contribution in [3.8, 4) is 11.6 Å². The van der Waals surface area contributed by atoms with Gasteiger partial charge in [0.1, 0.15) is 29.1 Å². The van der Waals surface area contributed by atoms with E-state index >= 15 is 0 Å². The van der Waals surface area contributed by atoms with Gasteiger partial charge in [0.15, 0.2) is 5.65 Å². The second kappa shape index (κ2) is 5.49. The number of hydrogen-bond acceptors (Lipinski definition) is 5. The third kappa shape index (κ3) is 2.48. The first-order chi connectivity index (χ1) is 11.2. The zero-order chi connectivity index (χ0) is 15.8. The van der Waals surface area contributed by atoms with Gasteiger partial charge in [-0.3, -0.25) is 0 Å². The SMILES string of the molecule is Nc1ncnc2c1c(Oc1cccc(F)c1)nn2C1CCCC1. The van der Waals surface area contributed by atoms with Crippen molar-refractivity contribution in [2.45, 2.75) is 31.7 Å². The maximum Gasteiger partial charge on any atom is 0.251 e. The number of benzene rings is 1. The molecule has 1 saturated carbocycles. The average Bonchev–Trinajstić information content (AvgIpc) is 3.16. The fourth-order valence-electron chi connectivity index (χ4n) is 3.08. The van der Waals surface area contributed by atoms with Gasteiger partial charge in [0.2, 0.25) is 0 Å². The van der Waals surface area contributed by atoms with Crippen LogP contribution in [0.5, 0.6) is 11.6 Å². The Bertz CT molecular complexity index is 857. The van der Waals surface area contributed by atoms with E-state index in [1.165, 1.54) is 31.3 Å². The number of halogens is 1. The van der Waals surface area contributed by atoms with Crippen LogP contribution in [0.1, 0.15) is 31.7 Å². The quantitative estimate of drug-likeness (QED) is 0.801. The standard InChI is InChI=1S/C16H16FN5O/c17-10-4-3-7-12(8-10)23-16-13-14(18)19-9-20-15(13)22(21-16)11-5-1-2-6-11/h3-4,7-9,11H,1-2,5-6H2,(H2,18,19,20). The van der Waals surface area contributed by atoms with Crippen LogP contribution in [0.4, 0.5) is 10.2 Å². The van der Waals surface area contributed by atoms with Gasteiger partial charge in [0.25, 0.3) is 5.88 Å². The number of rotatable bonds is 3. The summed E-state index contributed by atoms with van der Waals surface area (Å²) in [5.41, 5.74) is 6.66. The molecular formula is C16H16FN5O. The van der Waals surface area contributed by atoms with Gasteiger partial charge < -0.3 is 10.5 Å². The highest BCUT2D eigenvalue weighted by molar-refractivity contribution is 5.90. The molecule has 23 heavy (non-hydrogen) atoms. The summed E-state index contributed by atoms with van der Waals surface area (Å²) in [6.45, 7) is 0. The lowest BCUT2D eigenvalue weighted by atomic mass is 10.2. The molecule has 0 aliphatic heterocycles. The molecule has 7 heteroatoms. The van der Waals surface area contributed by atoms with Gasteiger partial charge in [-0.2, -0.15) is 0 Å². The smallest absolute Gasteiger partial charge is 0.251 e. The number of ether oxygens (including phenoxy) is 1. The predicted octanol–water partition coefficient (Wildman–Crippen LogP) is 3.46. The molecule has 0 saturated heterocycles. The van der Waals surface area contributed by atoms with E-state index in [9.17, 15) is 4.39 Å². The molecule has 1 fully saturated rings. The lowest BCUT2D eigenvalue weighted by Crippen LogP contribution is -2.07.